The van der Waals surface area contributed by atoms with Crippen molar-refractivity contribution < 1.29 is 36.7 Å². The maximum absolute atomic E-state index is 14.0. The number of methoxy groups -OCH3 is 3. The normalized spacial score (nSPS) is 12.0. The summed E-state index contributed by atoms with van der Waals surface area (Å²) in [6, 6.07) is 8.07. The van der Waals surface area contributed by atoms with Crippen LogP contribution in [0.4, 0.5) is 0 Å². The van der Waals surface area contributed by atoms with E-state index >= 15 is 0 Å². The largest absolute Gasteiger partial charge is 0.497 e. The fourth-order valence-electron chi connectivity index (χ4n) is 4.04. The molecule has 1 radical (unpaired) electrons. The second-order valence-electron chi connectivity index (χ2n) is 8.22. The molecule has 1 unspecified atom stereocenters. The van der Waals surface area contributed by atoms with E-state index in [2.05, 4.69) is 9.97 Å². The molecule has 0 aliphatic rings. The van der Waals surface area contributed by atoms with Gasteiger partial charge in [0.15, 0.2) is 0 Å². The molecule has 4 aromatic rings. The Balaban J connectivity index is 0.00000420. The first-order valence-corrected chi connectivity index (χ1v) is 13.9. The van der Waals surface area contributed by atoms with Crippen LogP contribution < -0.4 is 14.2 Å². The summed E-state index contributed by atoms with van der Waals surface area (Å²) in [5, 5.41) is 9.33. The number of imidazole rings is 1. The maximum Gasteiger partial charge on any atom is 0.339 e. The van der Waals surface area contributed by atoms with Crippen LogP contribution in [-0.4, -0.2) is 88.5 Å². The molecule has 0 saturated carbocycles. The number of aromatic carboxylic acids is 1. The zero-order valence-electron chi connectivity index (χ0n) is 22.2. The van der Waals surface area contributed by atoms with Crippen molar-refractivity contribution in [3.8, 4) is 17.2 Å². The zero-order chi connectivity index (χ0) is 27.8. The van der Waals surface area contributed by atoms with Gasteiger partial charge in [0, 0.05) is 52.9 Å². The molecule has 11 nitrogen and oxygen atoms in total. The molecule has 0 spiro atoms. The van der Waals surface area contributed by atoms with Gasteiger partial charge in [-0.25, -0.2) is 22.2 Å². The number of hydrogen-bond acceptors (Lipinski definition) is 9. The van der Waals surface area contributed by atoms with Gasteiger partial charge in [-0.15, -0.1) is 0 Å². The SMILES string of the molecule is COc1ccc2nc(S(=O)Cc3ncc(C)c(OC)c3C)n(S(=O)(=O)c3ccc(OC)c(C(=O)O)c3)c2c1.[Na]. The fourth-order valence-corrected chi connectivity index (χ4v) is 7.10. The van der Waals surface area contributed by atoms with Gasteiger partial charge in [0.2, 0.25) is 5.16 Å². The van der Waals surface area contributed by atoms with E-state index < -0.39 is 26.8 Å². The third kappa shape index (κ3) is 5.68. The van der Waals surface area contributed by atoms with E-state index in [0.29, 0.717) is 22.8 Å². The Morgan fingerprint density at radius 2 is 1.77 bits per heavy atom. The Morgan fingerprint density at radius 1 is 1.05 bits per heavy atom. The van der Waals surface area contributed by atoms with Crippen LogP contribution in [0, 0.1) is 13.8 Å². The first-order valence-electron chi connectivity index (χ1n) is 11.1. The van der Waals surface area contributed by atoms with Crippen LogP contribution in [0.15, 0.2) is 52.6 Å². The summed E-state index contributed by atoms with van der Waals surface area (Å²) in [5.41, 5.74) is 1.97. The predicted octanol–water partition coefficient (Wildman–Crippen LogP) is 2.94. The Hall–Kier alpha value is -2.97. The molecule has 2 aromatic heterocycles. The van der Waals surface area contributed by atoms with Crippen molar-refractivity contribution in [1.82, 2.24) is 13.9 Å². The molecule has 4 rings (SSSR count). The van der Waals surface area contributed by atoms with E-state index in [1.54, 1.807) is 25.3 Å². The molecule has 1 N–H and O–H groups in total. The molecule has 0 aliphatic heterocycles. The van der Waals surface area contributed by atoms with Gasteiger partial charge in [-0.1, -0.05) is 0 Å². The molecule has 2 aromatic carbocycles. The Kier molecular flexibility index (Phi) is 9.44. The summed E-state index contributed by atoms with van der Waals surface area (Å²) in [6.45, 7) is 3.61. The molecule has 2 heterocycles. The third-order valence-electron chi connectivity index (χ3n) is 5.95. The summed E-state index contributed by atoms with van der Waals surface area (Å²) in [7, 11) is -2.23. The van der Waals surface area contributed by atoms with Crippen LogP contribution >= 0.6 is 0 Å². The van der Waals surface area contributed by atoms with E-state index in [1.807, 2.05) is 6.92 Å². The number of ether oxygens (including phenoxy) is 3. The van der Waals surface area contributed by atoms with Gasteiger partial charge in [-0.2, -0.15) is 0 Å². The number of nitrogens with zero attached hydrogens (tertiary/aromatic N) is 3. The zero-order valence-corrected chi connectivity index (χ0v) is 25.8. The Morgan fingerprint density at radius 3 is 2.38 bits per heavy atom. The number of rotatable bonds is 9. The number of aromatic nitrogens is 3. The van der Waals surface area contributed by atoms with Crippen molar-refractivity contribution in [3.63, 3.8) is 0 Å². The number of carboxylic acid groups (broad SMARTS) is 1. The standard InChI is InChI=1S/C25H25N3O8S2.Na/c1-14-12-26-20(15(2)23(14)36-5)13-37(31)25-27-19-8-6-16(34-3)10-21(19)28(25)38(32,33)17-7-9-22(35-4)18(11-17)24(29)30;/h6-12H,13H2,1-5H3,(H,29,30);. The van der Waals surface area contributed by atoms with E-state index in [4.69, 9.17) is 14.2 Å². The average molecular weight is 583 g/mol. The van der Waals surface area contributed by atoms with Gasteiger partial charge in [-0.05, 0) is 44.2 Å². The van der Waals surface area contributed by atoms with Crippen molar-refractivity contribution in [1.29, 1.82) is 0 Å². The van der Waals surface area contributed by atoms with Crippen molar-refractivity contribution in [2.75, 3.05) is 21.3 Å². The molecule has 0 saturated heterocycles. The van der Waals surface area contributed by atoms with Crippen LogP contribution in [0.3, 0.4) is 0 Å². The Labute approximate surface area is 249 Å². The van der Waals surface area contributed by atoms with Gasteiger partial charge in [0.25, 0.3) is 10.0 Å². The molecule has 39 heavy (non-hydrogen) atoms. The van der Waals surface area contributed by atoms with Gasteiger partial charge in [0.05, 0.1) is 59.5 Å². The van der Waals surface area contributed by atoms with Crippen molar-refractivity contribution in [2.24, 2.45) is 0 Å². The number of hydrogen-bond donors (Lipinski definition) is 1. The molecule has 1 atom stereocenters. The van der Waals surface area contributed by atoms with E-state index in [-0.39, 0.29) is 67.7 Å². The first kappa shape index (κ1) is 30.6. The fraction of sp³-hybridized carbons (Fsp3) is 0.240. The van der Waals surface area contributed by atoms with E-state index in [0.717, 1.165) is 15.6 Å². The molecule has 0 fully saturated rings. The summed E-state index contributed by atoms with van der Waals surface area (Å²) < 4.78 is 58.2. The minimum Gasteiger partial charge on any atom is -0.497 e. The molecule has 0 bridgehead atoms. The molecular formula is C25H25N3NaO8S2. The van der Waals surface area contributed by atoms with Crippen LogP contribution in [0.5, 0.6) is 17.2 Å². The molecular weight excluding hydrogens is 557 g/mol. The van der Waals surface area contributed by atoms with Crippen molar-refractivity contribution >= 4 is 67.4 Å². The van der Waals surface area contributed by atoms with Crippen LogP contribution in [0.25, 0.3) is 11.0 Å². The van der Waals surface area contributed by atoms with Gasteiger partial charge in [0.1, 0.15) is 22.8 Å². The smallest absolute Gasteiger partial charge is 0.339 e. The number of benzene rings is 2. The van der Waals surface area contributed by atoms with Crippen LogP contribution in [-0.2, 0) is 26.6 Å². The molecule has 0 amide bonds. The van der Waals surface area contributed by atoms with Gasteiger partial charge >= 0.3 is 5.97 Å². The summed E-state index contributed by atoms with van der Waals surface area (Å²) >= 11 is 0. The summed E-state index contributed by atoms with van der Waals surface area (Å²) in [6.07, 6.45) is 1.59. The number of carboxylic acids is 1. The van der Waals surface area contributed by atoms with Crippen LogP contribution in [0.1, 0.15) is 27.2 Å². The monoisotopic (exact) mass is 582 g/mol. The summed E-state index contributed by atoms with van der Waals surface area (Å²) in [4.78, 5) is 20.2. The minimum atomic E-state index is -4.48. The Bertz CT molecular complexity index is 1700. The van der Waals surface area contributed by atoms with Crippen molar-refractivity contribution in [2.45, 2.75) is 29.7 Å². The molecule has 201 valence electrons. The quantitative estimate of drug-likeness (QED) is 0.292. The number of aryl methyl sites for hydroxylation is 1. The number of carbonyl (C=O) groups is 1. The van der Waals surface area contributed by atoms with E-state index in [1.165, 1.54) is 39.5 Å². The second kappa shape index (κ2) is 12.0. The van der Waals surface area contributed by atoms with Crippen LogP contribution in [0.2, 0.25) is 0 Å². The maximum atomic E-state index is 14.0. The summed E-state index contributed by atoms with van der Waals surface area (Å²) in [5.74, 6) is -0.561. The number of pyridine rings is 1. The second-order valence-corrected chi connectivity index (χ2v) is 11.4. The third-order valence-corrected chi connectivity index (χ3v) is 8.98. The average Bonchev–Trinajstić information content (AvgIpc) is 3.29. The number of fused-ring (bicyclic) bond motifs is 1. The van der Waals surface area contributed by atoms with Gasteiger partial charge in [-0.3, -0.25) is 9.19 Å². The van der Waals surface area contributed by atoms with Crippen molar-refractivity contribution in [3.05, 3.63) is 65.0 Å². The minimum absolute atomic E-state index is 0. The van der Waals surface area contributed by atoms with Gasteiger partial charge < -0.3 is 19.3 Å². The molecule has 0 aliphatic carbocycles. The molecule has 14 heteroatoms. The first-order chi connectivity index (χ1) is 18.0. The predicted molar refractivity (Wildman–Crippen MR) is 145 cm³/mol. The topological polar surface area (TPSA) is 147 Å². The van der Waals surface area contributed by atoms with E-state index in [9.17, 15) is 22.5 Å².